The van der Waals surface area contributed by atoms with E-state index < -0.39 is 0 Å². The lowest BCUT2D eigenvalue weighted by Crippen LogP contribution is -2.25. The normalized spacial score (nSPS) is 21.6. The van der Waals surface area contributed by atoms with Crippen molar-refractivity contribution in [2.45, 2.75) is 81.6 Å². The Morgan fingerprint density at radius 2 is 1.83 bits per heavy atom. The minimum Gasteiger partial charge on any atom is -0.357 e. The van der Waals surface area contributed by atoms with E-state index >= 15 is 0 Å². The molecule has 0 aromatic carbocycles. The molecule has 0 aliphatic carbocycles. The van der Waals surface area contributed by atoms with E-state index in [0.29, 0.717) is 0 Å². The third-order valence-corrected chi connectivity index (χ3v) is 4.47. The largest absolute Gasteiger partial charge is 0.357 e. The Bertz CT molecular complexity index is 366. The molecule has 0 amide bonds. The maximum atomic E-state index is 4.57. The standard InChI is InChI=1S/C18H32N2.2C2H6/c1-7-17(8-2)12-19-16(6)20-10-9-18(14(3)4)11-15(5)13-20;2*1-2/h7,12,14-15,18H,6,8-11,13H2,1-5H3;2*1-2H3/b17-7-,19-12-;;. The molecule has 2 heteroatoms. The zero-order valence-electron chi connectivity index (χ0n) is 18.0. The fourth-order valence-corrected chi connectivity index (χ4v) is 2.95. The van der Waals surface area contributed by atoms with E-state index in [0.717, 1.165) is 43.1 Å². The molecular weight excluding hydrogens is 292 g/mol. The molecule has 0 aromatic rings. The first-order valence-electron chi connectivity index (χ1n) is 10.1. The molecule has 142 valence electrons. The molecule has 0 N–H and O–H groups in total. The summed E-state index contributed by atoms with van der Waals surface area (Å²) in [6, 6.07) is 0. The summed E-state index contributed by atoms with van der Waals surface area (Å²) in [5.74, 6) is 3.27. The maximum Gasteiger partial charge on any atom is 0.121 e. The van der Waals surface area contributed by atoms with E-state index in [1.807, 2.05) is 33.9 Å². The van der Waals surface area contributed by atoms with Crippen LogP contribution in [0, 0.1) is 17.8 Å². The number of allylic oxidation sites excluding steroid dienone is 2. The first kappa shape index (κ1) is 25.2. The summed E-state index contributed by atoms with van der Waals surface area (Å²) in [4.78, 5) is 6.94. The smallest absolute Gasteiger partial charge is 0.121 e. The molecule has 0 aromatic heterocycles. The van der Waals surface area contributed by atoms with Crippen molar-refractivity contribution in [1.82, 2.24) is 4.90 Å². The molecule has 1 fully saturated rings. The first-order chi connectivity index (χ1) is 11.5. The van der Waals surface area contributed by atoms with Crippen molar-refractivity contribution in [2.75, 3.05) is 13.1 Å². The molecule has 2 unspecified atom stereocenters. The van der Waals surface area contributed by atoms with Gasteiger partial charge in [0.2, 0.25) is 0 Å². The lowest BCUT2D eigenvalue weighted by Gasteiger charge is -2.24. The topological polar surface area (TPSA) is 15.6 Å². The number of nitrogens with zero attached hydrogens (tertiary/aromatic N) is 2. The second-order valence-electron chi connectivity index (χ2n) is 6.47. The first-order valence-corrected chi connectivity index (χ1v) is 10.1. The second-order valence-corrected chi connectivity index (χ2v) is 6.47. The molecular formula is C22H44N2. The molecule has 1 heterocycles. The van der Waals surface area contributed by atoms with Crippen LogP contribution in [0.15, 0.2) is 29.0 Å². The quantitative estimate of drug-likeness (QED) is 0.496. The Hall–Kier alpha value is -1.05. The van der Waals surface area contributed by atoms with Crippen LogP contribution in [-0.4, -0.2) is 24.2 Å². The van der Waals surface area contributed by atoms with Gasteiger partial charge >= 0.3 is 0 Å². The molecule has 1 aliphatic heterocycles. The van der Waals surface area contributed by atoms with Gasteiger partial charge in [0.1, 0.15) is 5.82 Å². The van der Waals surface area contributed by atoms with Crippen molar-refractivity contribution in [3.05, 3.63) is 24.0 Å². The Labute approximate surface area is 153 Å². The monoisotopic (exact) mass is 336 g/mol. The fraction of sp³-hybridized carbons (Fsp3) is 0.773. The van der Waals surface area contributed by atoms with Crippen molar-refractivity contribution in [3.63, 3.8) is 0 Å². The highest BCUT2D eigenvalue weighted by atomic mass is 15.2. The zero-order chi connectivity index (χ0) is 19.1. The van der Waals surface area contributed by atoms with E-state index in [2.05, 4.69) is 57.2 Å². The van der Waals surface area contributed by atoms with Crippen LogP contribution in [0.3, 0.4) is 0 Å². The molecule has 1 rings (SSSR count). The highest BCUT2D eigenvalue weighted by molar-refractivity contribution is 5.78. The number of hydrogen-bond acceptors (Lipinski definition) is 2. The summed E-state index contributed by atoms with van der Waals surface area (Å²) in [5.41, 5.74) is 1.27. The third kappa shape index (κ3) is 9.95. The minimum atomic E-state index is 0.726. The van der Waals surface area contributed by atoms with Crippen molar-refractivity contribution in [3.8, 4) is 0 Å². The van der Waals surface area contributed by atoms with Gasteiger partial charge in [0, 0.05) is 19.3 Å². The Kier molecular flexibility index (Phi) is 16.2. The summed E-state index contributed by atoms with van der Waals surface area (Å²) >= 11 is 0. The SMILES string of the molecule is C=C(/N=C\C(=C/C)CC)N1CCC(C(C)C)CC(C)C1.CC.CC. The van der Waals surface area contributed by atoms with Gasteiger partial charge < -0.3 is 4.90 Å². The van der Waals surface area contributed by atoms with Gasteiger partial charge in [-0.15, -0.1) is 0 Å². The summed E-state index contributed by atoms with van der Waals surface area (Å²) in [7, 11) is 0. The highest BCUT2D eigenvalue weighted by Crippen LogP contribution is 2.29. The molecule has 0 bridgehead atoms. The average molecular weight is 337 g/mol. The molecule has 2 nitrogen and oxygen atoms in total. The second kappa shape index (κ2) is 15.5. The Morgan fingerprint density at radius 1 is 1.25 bits per heavy atom. The van der Waals surface area contributed by atoms with Gasteiger partial charge in [-0.25, -0.2) is 4.99 Å². The van der Waals surface area contributed by atoms with Crippen LogP contribution in [-0.2, 0) is 0 Å². The summed E-state index contributed by atoms with van der Waals surface area (Å²) in [5, 5.41) is 0. The predicted molar refractivity (Wildman–Crippen MR) is 113 cm³/mol. The van der Waals surface area contributed by atoms with Crippen LogP contribution in [0.2, 0.25) is 0 Å². The van der Waals surface area contributed by atoms with Crippen molar-refractivity contribution >= 4 is 6.21 Å². The summed E-state index contributed by atoms with van der Waals surface area (Å²) in [6.45, 7) is 25.6. The number of likely N-dealkylation sites (tertiary alicyclic amines) is 1. The van der Waals surface area contributed by atoms with Gasteiger partial charge in [-0.3, -0.25) is 0 Å². The van der Waals surface area contributed by atoms with Crippen LogP contribution in [0.4, 0.5) is 0 Å². The Morgan fingerprint density at radius 3 is 2.29 bits per heavy atom. The molecule has 1 saturated heterocycles. The molecule has 0 radical (unpaired) electrons. The van der Waals surface area contributed by atoms with Gasteiger partial charge in [0.25, 0.3) is 0 Å². The van der Waals surface area contributed by atoms with Crippen molar-refractivity contribution < 1.29 is 0 Å². The average Bonchev–Trinajstić information content (AvgIpc) is 2.81. The van der Waals surface area contributed by atoms with E-state index in [4.69, 9.17) is 0 Å². The Balaban J connectivity index is 0. The lowest BCUT2D eigenvalue weighted by molar-refractivity contribution is 0.316. The van der Waals surface area contributed by atoms with Gasteiger partial charge in [0.15, 0.2) is 0 Å². The van der Waals surface area contributed by atoms with E-state index in [1.54, 1.807) is 0 Å². The van der Waals surface area contributed by atoms with Crippen LogP contribution < -0.4 is 0 Å². The summed E-state index contributed by atoms with van der Waals surface area (Å²) in [6.07, 6.45) is 7.72. The third-order valence-electron chi connectivity index (χ3n) is 4.47. The summed E-state index contributed by atoms with van der Waals surface area (Å²) < 4.78 is 0. The number of hydrogen-bond donors (Lipinski definition) is 0. The van der Waals surface area contributed by atoms with Crippen molar-refractivity contribution in [1.29, 1.82) is 0 Å². The van der Waals surface area contributed by atoms with E-state index in [1.165, 1.54) is 18.4 Å². The van der Waals surface area contributed by atoms with Crippen LogP contribution in [0.5, 0.6) is 0 Å². The van der Waals surface area contributed by atoms with Gasteiger partial charge in [-0.05, 0) is 49.5 Å². The molecule has 2 atom stereocenters. The molecule has 1 aliphatic rings. The highest BCUT2D eigenvalue weighted by Gasteiger charge is 2.24. The molecule has 0 saturated carbocycles. The van der Waals surface area contributed by atoms with Crippen LogP contribution >= 0.6 is 0 Å². The number of aliphatic imine (C=N–C) groups is 1. The zero-order valence-corrected chi connectivity index (χ0v) is 18.0. The van der Waals surface area contributed by atoms with E-state index in [9.17, 15) is 0 Å². The maximum absolute atomic E-state index is 4.57. The minimum absolute atomic E-state index is 0.726. The van der Waals surface area contributed by atoms with Crippen molar-refractivity contribution in [2.24, 2.45) is 22.7 Å². The van der Waals surface area contributed by atoms with Gasteiger partial charge in [-0.2, -0.15) is 0 Å². The van der Waals surface area contributed by atoms with Crippen LogP contribution in [0.25, 0.3) is 0 Å². The van der Waals surface area contributed by atoms with Crippen LogP contribution in [0.1, 0.15) is 81.6 Å². The van der Waals surface area contributed by atoms with Gasteiger partial charge in [-0.1, -0.05) is 68.0 Å². The molecule has 0 spiro atoms. The molecule has 24 heavy (non-hydrogen) atoms. The number of rotatable bonds is 5. The lowest BCUT2D eigenvalue weighted by atomic mass is 9.86. The van der Waals surface area contributed by atoms with Gasteiger partial charge in [0.05, 0.1) is 0 Å². The predicted octanol–water partition coefficient (Wildman–Crippen LogP) is 6.94. The van der Waals surface area contributed by atoms with E-state index in [-0.39, 0.29) is 0 Å². The fourth-order valence-electron chi connectivity index (χ4n) is 2.95.